The third kappa shape index (κ3) is 2.96. The summed E-state index contributed by atoms with van der Waals surface area (Å²) in [5, 5.41) is 3.42. The van der Waals surface area contributed by atoms with Crippen molar-refractivity contribution in [3.8, 4) is 0 Å². The van der Waals surface area contributed by atoms with Gasteiger partial charge in [0, 0.05) is 24.2 Å². The largest absolute Gasteiger partial charge is 0.334 e. The molecular weight excluding hydrogens is 279 g/mol. The number of benzene rings is 1. The van der Waals surface area contributed by atoms with Gasteiger partial charge in [-0.1, -0.05) is 11.6 Å². The van der Waals surface area contributed by atoms with E-state index in [0.717, 1.165) is 32.4 Å². The van der Waals surface area contributed by atoms with Crippen LogP contribution in [0.15, 0.2) is 18.2 Å². The van der Waals surface area contributed by atoms with Crippen LogP contribution in [-0.4, -0.2) is 36.0 Å². The van der Waals surface area contributed by atoms with Crippen molar-refractivity contribution in [3.63, 3.8) is 0 Å². The summed E-state index contributed by atoms with van der Waals surface area (Å²) in [7, 11) is 0. The molecule has 5 heteroatoms. The van der Waals surface area contributed by atoms with Gasteiger partial charge in [-0.25, -0.2) is 4.39 Å². The predicted octanol–water partition coefficient (Wildman–Crippen LogP) is 2.84. The van der Waals surface area contributed by atoms with E-state index in [9.17, 15) is 9.18 Å². The van der Waals surface area contributed by atoms with Crippen molar-refractivity contribution in [2.45, 2.75) is 37.8 Å². The minimum Gasteiger partial charge on any atom is -0.334 e. The van der Waals surface area contributed by atoms with E-state index in [1.54, 1.807) is 0 Å². The number of hydrogen-bond acceptors (Lipinski definition) is 2. The second-order valence-electron chi connectivity index (χ2n) is 5.61. The molecule has 1 unspecified atom stereocenters. The van der Waals surface area contributed by atoms with Crippen LogP contribution in [0, 0.1) is 5.82 Å². The third-order valence-corrected chi connectivity index (χ3v) is 4.28. The van der Waals surface area contributed by atoms with Crippen molar-refractivity contribution in [1.29, 1.82) is 0 Å². The fraction of sp³-hybridized carbons (Fsp3) is 0.533. The SMILES string of the molecule is O=C(c1ccc(F)c(Cl)c1)N(CC1CCCN1)C1CC1. The lowest BCUT2D eigenvalue weighted by Gasteiger charge is -2.26. The maximum absolute atomic E-state index is 13.2. The van der Waals surface area contributed by atoms with Gasteiger partial charge < -0.3 is 10.2 Å². The summed E-state index contributed by atoms with van der Waals surface area (Å²) in [6.45, 7) is 1.76. The van der Waals surface area contributed by atoms with Crippen molar-refractivity contribution in [3.05, 3.63) is 34.6 Å². The third-order valence-electron chi connectivity index (χ3n) is 3.99. The zero-order valence-electron chi connectivity index (χ0n) is 11.2. The molecule has 20 heavy (non-hydrogen) atoms. The maximum atomic E-state index is 13.2. The molecule has 108 valence electrons. The normalized spacial score (nSPS) is 22.0. The molecule has 1 N–H and O–H groups in total. The first-order valence-corrected chi connectivity index (χ1v) is 7.52. The molecule has 3 rings (SSSR count). The van der Waals surface area contributed by atoms with E-state index in [1.807, 2.05) is 4.90 Å². The van der Waals surface area contributed by atoms with Crippen LogP contribution in [0.1, 0.15) is 36.0 Å². The van der Waals surface area contributed by atoms with Gasteiger partial charge in [-0.3, -0.25) is 4.79 Å². The van der Waals surface area contributed by atoms with Crippen LogP contribution in [0.25, 0.3) is 0 Å². The minimum atomic E-state index is -0.487. The quantitative estimate of drug-likeness (QED) is 0.926. The Morgan fingerprint density at radius 2 is 2.20 bits per heavy atom. The Balaban J connectivity index is 1.75. The van der Waals surface area contributed by atoms with Crippen molar-refractivity contribution in [2.75, 3.05) is 13.1 Å². The maximum Gasteiger partial charge on any atom is 0.254 e. The number of halogens is 2. The summed E-state index contributed by atoms with van der Waals surface area (Å²) >= 11 is 5.77. The van der Waals surface area contributed by atoms with Gasteiger partial charge in [0.05, 0.1) is 5.02 Å². The van der Waals surface area contributed by atoms with Gasteiger partial charge >= 0.3 is 0 Å². The lowest BCUT2D eigenvalue weighted by atomic mass is 10.1. The fourth-order valence-electron chi connectivity index (χ4n) is 2.73. The molecule has 1 aromatic carbocycles. The van der Waals surface area contributed by atoms with Crippen molar-refractivity contribution in [2.24, 2.45) is 0 Å². The predicted molar refractivity (Wildman–Crippen MR) is 76.5 cm³/mol. The number of nitrogens with one attached hydrogen (secondary N) is 1. The smallest absolute Gasteiger partial charge is 0.254 e. The second kappa shape index (κ2) is 5.70. The van der Waals surface area contributed by atoms with Crippen LogP contribution in [0.4, 0.5) is 4.39 Å². The highest BCUT2D eigenvalue weighted by molar-refractivity contribution is 6.31. The standard InChI is InChI=1S/C15H18ClFN2O/c16-13-8-10(3-6-14(13)17)15(20)19(12-4-5-12)9-11-2-1-7-18-11/h3,6,8,11-12,18H,1-2,4-5,7,9H2. The Bertz CT molecular complexity index is 513. The molecule has 0 bridgehead atoms. The lowest BCUT2D eigenvalue weighted by molar-refractivity contribution is 0.0728. The van der Waals surface area contributed by atoms with Crippen molar-refractivity contribution in [1.82, 2.24) is 10.2 Å². The number of hydrogen-bond donors (Lipinski definition) is 1. The summed E-state index contributed by atoms with van der Waals surface area (Å²) in [5.41, 5.74) is 0.473. The summed E-state index contributed by atoms with van der Waals surface area (Å²) in [5.74, 6) is -0.526. The first-order chi connectivity index (χ1) is 9.65. The monoisotopic (exact) mass is 296 g/mol. The van der Waals surface area contributed by atoms with Gasteiger partial charge in [-0.05, 0) is 50.4 Å². The van der Waals surface area contributed by atoms with Gasteiger partial charge in [0.15, 0.2) is 0 Å². The van der Waals surface area contributed by atoms with E-state index in [-0.39, 0.29) is 10.9 Å². The number of rotatable bonds is 4. The van der Waals surface area contributed by atoms with Crippen molar-refractivity contribution < 1.29 is 9.18 Å². The van der Waals surface area contributed by atoms with E-state index < -0.39 is 5.82 Å². The zero-order chi connectivity index (χ0) is 14.1. The second-order valence-corrected chi connectivity index (χ2v) is 6.02. The van der Waals surface area contributed by atoms with Crippen LogP contribution >= 0.6 is 11.6 Å². The molecule has 2 aliphatic rings. The molecule has 1 saturated carbocycles. The number of carbonyl (C=O) groups excluding carboxylic acids is 1. The fourth-order valence-corrected chi connectivity index (χ4v) is 2.91. The summed E-state index contributed by atoms with van der Waals surface area (Å²) < 4.78 is 13.2. The molecule has 1 aliphatic carbocycles. The van der Waals surface area contributed by atoms with Gasteiger partial charge in [0.25, 0.3) is 5.91 Å². The van der Waals surface area contributed by atoms with Crippen LogP contribution in [-0.2, 0) is 0 Å². The Hall–Kier alpha value is -1.13. The number of amides is 1. The highest BCUT2D eigenvalue weighted by Gasteiger charge is 2.35. The number of carbonyl (C=O) groups is 1. The van der Waals surface area contributed by atoms with E-state index in [2.05, 4.69) is 5.32 Å². The van der Waals surface area contributed by atoms with Gasteiger partial charge in [0.2, 0.25) is 0 Å². The first kappa shape index (κ1) is 13.8. The summed E-state index contributed by atoms with van der Waals surface area (Å²) in [6, 6.07) is 4.93. The van der Waals surface area contributed by atoms with Crippen LogP contribution < -0.4 is 5.32 Å². The van der Waals surface area contributed by atoms with Crippen molar-refractivity contribution >= 4 is 17.5 Å². The molecule has 1 aromatic rings. The van der Waals surface area contributed by atoms with E-state index in [1.165, 1.54) is 24.6 Å². The molecule has 3 nitrogen and oxygen atoms in total. The van der Waals surface area contributed by atoms with Gasteiger partial charge in [-0.15, -0.1) is 0 Å². The van der Waals surface area contributed by atoms with Crippen LogP contribution in [0.2, 0.25) is 5.02 Å². The van der Waals surface area contributed by atoms with E-state index >= 15 is 0 Å². The zero-order valence-corrected chi connectivity index (χ0v) is 12.0. The molecule has 0 radical (unpaired) electrons. The van der Waals surface area contributed by atoms with Crippen LogP contribution in [0.3, 0.4) is 0 Å². The summed E-state index contributed by atoms with van der Waals surface area (Å²) in [6.07, 6.45) is 4.40. The molecule has 1 aliphatic heterocycles. The van der Waals surface area contributed by atoms with E-state index in [0.29, 0.717) is 17.6 Å². The average Bonchev–Trinajstić information content (AvgIpc) is 3.15. The Morgan fingerprint density at radius 3 is 2.80 bits per heavy atom. The Kier molecular flexibility index (Phi) is 3.94. The Labute approximate surface area is 123 Å². The van der Waals surface area contributed by atoms with E-state index in [4.69, 9.17) is 11.6 Å². The molecule has 0 aromatic heterocycles. The molecule has 1 heterocycles. The average molecular weight is 297 g/mol. The molecule has 1 saturated heterocycles. The first-order valence-electron chi connectivity index (χ1n) is 7.14. The molecule has 2 fully saturated rings. The molecular formula is C15H18ClFN2O. The molecule has 1 amide bonds. The number of nitrogens with zero attached hydrogens (tertiary/aromatic N) is 1. The molecule has 1 atom stereocenters. The highest BCUT2D eigenvalue weighted by Crippen LogP contribution is 2.29. The van der Waals surface area contributed by atoms with Crippen LogP contribution in [0.5, 0.6) is 0 Å². The lowest BCUT2D eigenvalue weighted by Crippen LogP contribution is -2.42. The van der Waals surface area contributed by atoms with Gasteiger partial charge in [-0.2, -0.15) is 0 Å². The highest BCUT2D eigenvalue weighted by atomic mass is 35.5. The summed E-state index contributed by atoms with van der Waals surface area (Å²) in [4.78, 5) is 14.5. The Morgan fingerprint density at radius 1 is 1.40 bits per heavy atom. The topological polar surface area (TPSA) is 32.3 Å². The molecule has 0 spiro atoms. The van der Waals surface area contributed by atoms with Gasteiger partial charge in [0.1, 0.15) is 5.82 Å². The minimum absolute atomic E-state index is 0.00517.